The van der Waals surface area contributed by atoms with Crippen LogP contribution in [0.2, 0.25) is 0 Å². The second-order valence-corrected chi connectivity index (χ2v) is 9.29. The Labute approximate surface area is 247 Å². The SMILES string of the molecule is CCCCN1C(=O)/C(=C/C=C/C2C(=O)N(CCCC)C(=O)N(CC(=O)O)C2=O)C(=O)N(CC(=O)O)C1=O.c1ccncc1. The summed E-state index contributed by atoms with van der Waals surface area (Å²) in [6, 6.07) is 3.59. The standard InChI is InChI=1S/C23H28N4O10.C5H5N/c1-3-5-10-24-18(32)14(20(34)26(22(24)36)12-16(28)29)8-7-9-15-19(33)25(11-6-4-2)23(37)27(21(15)35)13-17(30)31;1-2-4-6-5-3-1/h7-9,14H,3-6,10-13H2,1-2H3,(H,28,29)(H,30,31);1-5H/b8-7+,15-9-;. The van der Waals surface area contributed by atoms with Gasteiger partial charge >= 0.3 is 24.0 Å². The summed E-state index contributed by atoms with van der Waals surface area (Å²) in [6.45, 7) is 1.57. The number of nitrogens with zero attached hydrogens (tertiary/aromatic N) is 5. The highest BCUT2D eigenvalue weighted by molar-refractivity contribution is 6.29. The number of aliphatic carboxylic acids is 2. The van der Waals surface area contributed by atoms with Gasteiger partial charge in [0.25, 0.3) is 11.8 Å². The number of hydrogen-bond acceptors (Lipinski definition) is 9. The Morgan fingerprint density at radius 2 is 1.23 bits per heavy atom. The van der Waals surface area contributed by atoms with Crippen molar-refractivity contribution in [3.8, 4) is 0 Å². The molecule has 230 valence electrons. The summed E-state index contributed by atoms with van der Waals surface area (Å²) in [5.41, 5.74) is -0.565. The van der Waals surface area contributed by atoms with Gasteiger partial charge in [0.2, 0.25) is 11.8 Å². The summed E-state index contributed by atoms with van der Waals surface area (Å²) in [5, 5.41) is 18.2. The van der Waals surface area contributed by atoms with Crippen LogP contribution in [0.25, 0.3) is 0 Å². The number of carbonyl (C=O) groups excluding carboxylic acids is 6. The van der Waals surface area contributed by atoms with Crippen LogP contribution in [0.4, 0.5) is 9.59 Å². The van der Waals surface area contributed by atoms with E-state index < -0.39 is 72.2 Å². The first-order chi connectivity index (χ1) is 20.5. The molecule has 8 amide bonds. The number of barbiturate groups is 2. The van der Waals surface area contributed by atoms with Crippen LogP contribution in [0.5, 0.6) is 0 Å². The van der Waals surface area contributed by atoms with E-state index in [9.17, 15) is 38.4 Å². The number of aromatic nitrogens is 1. The molecule has 0 spiro atoms. The zero-order valence-corrected chi connectivity index (χ0v) is 23.7. The zero-order valence-electron chi connectivity index (χ0n) is 23.7. The second-order valence-electron chi connectivity index (χ2n) is 9.29. The maximum absolute atomic E-state index is 12.9. The lowest BCUT2D eigenvalue weighted by molar-refractivity contribution is -0.151. The Morgan fingerprint density at radius 1 is 0.744 bits per heavy atom. The molecular formula is C28H33N5O10. The number of allylic oxidation sites excluding steroid dienone is 2. The maximum atomic E-state index is 12.9. The zero-order chi connectivity index (χ0) is 32.1. The second kappa shape index (κ2) is 16.3. The van der Waals surface area contributed by atoms with Gasteiger partial charge in [0.05, 0.1) is 0 Å². The molecule has 1 unspecified atom stereocenters. The van der Waals surface area contributed by atoms with Crippen LogP contribution in [-0.2, 0) is 28.8 Å². The Morgan fingerprint density at radius 3 is 1.72 bits per heavy atom. The molecular weight excluding hydrogens is 566 g/mol. The summed E-state index contributed by atoms with van der Waals surface area (Å²) >= 11 is 0. The number of pyridine rings is 1. The highest BCUT2D eigenvalue weighted by Crippen LogP contribution is 2.22. The third kappa shape index (κ3) is 8.89. The minimum Gasteiger partial charge on any atom is -0.480 e. The molecule has 0 aromatic carbocycles. The molecule has 0 saturated carbocycles. The molecule has 2 fully saturated rings. The van der Waals surface area contributed by atoms with Crippen molar-refractivity contribution in [2.75, 3.05) is 26.2 Å². The van der Waals surface area contributed by atoms with Crippen LogP contribution in [0, 0.1) is 5.92 Å². The van der Waals surface area contributed by atoms with Gasteiger partial charge in [-0.25, -0.2) is 14.5 Å². The number of carboxylic acid groups (broad SMARTS) is 2. The molecule has 3 rings (SSSR count). The average molecular weight is 600 g/mol. The van der Waals surface area contributed by atoms with Crippen molar-refractivity contribution >= 4 is 47.6 Å². The van der Waals surface area contributed by atoms with Crippen LogP contribution in [-0.4, -0.2) is 109 Å². The molecule has 1 atom stereocenters. The molecule has 15 heteroatoms. The van der Waals surface area contributed by atoms with Crippen molar-refractivity contribution < 1.29 is 48.6 Å². The number of rotatable bonds is 12. The lowest BCUT2D eigenvalue weighted by atomic mass is 10.0. The normalized spacial score (nSPS) is 18.5. The quantitative estimate of drug-likeness (QED) is 0.200. The number of hydrogen-bond donors (Lipinski definition) is 2. The topological polar surface area (TPSA) is 203 Å². The molecule has 3 heterocycles. The fourth-order valence-electron chi connectivity index (χ4n) is 3.95. The minimum atomic E-state index is -1.60. The average Bonchev–Trinajstić information content (AvgIpc) is 2.97. The largest absolute Gasteiger partial charge is 0.480 e. The molecule has 2 saturated heterocycles. The lowest BCUT2D eigenvalue weighted by Crippen LogP contribution is -2.60. The predicted molar refractivity (Wildman–Crippen MR) is 148 cm³/mol. The molecule has 0 radical (unpaired) electrons. The third-order valence-corrected chi connectivity index (χ3v) is 6.13. The van der Waals surface area contributed by atoms with E-state index in [1.54, 1.807) is 19.3 Å². The molecule has 2 aliphatic heterocycles. The van der Waals surface area contributed by atoms with E-state index in [2.05, 4.69) is 4.98 Å². The van der Waals surface area contributed by atoms with Crippen LogP contribution < -0.4 is 0 Å². The van der Waals surface area contributed by atoms with E-state index in [0.717, 1.165) is 28.0 Å². The first kappa shape index (κ1) is 34.0. The van der Waals surface area contributed by atoms with E-state index in [1.165, 1.54) is 0 Å². The van der Waals surface area contributed by atoms with Crippen LogP contribution in [0.1, 0.15) is 39.5 Å². The van der Waals surface area contributed by atoms with E-state index in [4.69, 9.17) is 10.2 Å². The monoisotopic (exact) mass is 599 g/mol. The number of unbranched alkanes of at least 4 members (excludes halogenated alkanes) is 2. The fourth-order valence-corrected chi connectivity index (χ4v) is 3.95. The summed E-state index contributed by atoms with van der Waals surface area (Å²) in [4.78, 5) is 105. The molecule has 15 nitrogen and oxygen atoms in total. The smallest absolute Gasteiger partial charge is 0.334 e. The summed E-state index contributed by atoms with van der Waals surface area (Å²) in [7, 11) is 0. The number of imide groups is 4. The maximum Gasteiger partial charge on any atom is 0.334 e. The van der Waals surface area contributed by atoms with Gasteiger partial charge in [0.15, 0.2) is 0 Å². The minimum absolute atomic E-state index is 0.0430. The Hall–Kier alpha value is -5.21. The molecule has 2 N–H and O–H groups in total. The Balaban J connectivity index is 0.000000953. The molecule has 1 aromatic rings. The van der Waals surface area contributed by atoms with Crippen molar-refractivity contribution in [3.63, 3.8) is 0 Å². The first-order valence-corrected chi connectivity index (χ1v) is 13.5. The predicted octanol–water partition coefficient (Wildman–Crippen LogP) is 1.52. The van der Waals surface area contributed by atoms with Gasteiger partial charge < -0.3 is 10.2 Å². The Bertz CT molecular complexity index is 1280. The molecule has 2 aliphatic rings. The molecule has 43 heavy (non-hydrogen) atoms. The first-order valence-electron chi connectivity index (χ1n) is 13.5. The van der Waals surface area contributed by atoms with Gasteiger partial charge in [-0.3, -0.25) is 48.5 Å². The molecule has 0 bridgehead atoms. The third-order valence-electron chi connectivity index (χ3n) is 6.13. The van der Waals surface area contributed by atoms with Gasteiger partial charge in [0.1, 0.15) is 24.6 Å². The van der Waals surface area contributed by atoms with Crippen molar-refractivity contribution in [1.82, 2.24) is 24.6 Å². The highest BCUT2D eigenvalue weighted by Gasteiger charge is 2.45. The van der Waals surface area contributed by atoms with Gasteiger partial charge in [-0.15, -0.1) is 0 Å². The van der Waals surface area contributed by atoms with Crippen molar-refractivity contribution in [1.29, 1.82) is 0 Å². The Kier molecular flexibility index (Phi) is 12.9. The number of carboxylic acids is 2. The van der Waals surface area contributed by atoms with Crippen molar-refractivity contribution in [2.45, 2.75) is 39.5 Å². The van der Waals surface area contributed by atoms with Gasteiger partial charge in [0, 0.05) is 25.5 Å². The van der Waals surface area contributed by atoms with Gasteiger partial charge in [-0.1, -0.05) is 44.9 Å². The van der Waals surface area contributed by atoms with E-state index in [0.29, 0.717) is 35.5 Å². The van der Waals surface area contributed by atoms with Gasteiger partial charge in [-0.05, 0) is 31.1 Å². The highest BCUT2D eigenvalue weighted by atomic mass is 16.4. The summed E-state index contributed by atoms with van der Waals surface area (Å²) < 4.78 is 0. The number of amides is 8. The number of urea groups is 2. The van der Waals surface area contributed by atoms with Crippen LogP contribution in [0.15, 0.2) is 54.4 Å². The van der Waals surface area contributed by atoms with Crippen molar-refractivity contribution in [3.05, 3.63) is 54.4 Å². The molecule has 0 aliphatic carbocycles. The van der Waals surface area contributed by atoms with E-state index >= 15 is 0 Å². The lowest BCUT2D eigenvalue weighted by Gasteiger charge is -2.35. The summed E-state index contributed by atoms with van der Waals surface area (Å²) in [6.07, 6.45) is 8.52. The fraction of sp³-hybridized carbons (Fsp3) is 0.393. The van der Waals surface area contributed by atoms with Crippen LogP contribution in [0.3, 0.4) is 0 Å². The van der Waals surface area contributed by atoms with Crippen LogP contribution >= 0.6 is 0 Å². The van der Waals surface area contributed by atoms with Crippen molar-refractivity contribution in [2.24, 2.45) is 5.92 Å². The van der Waals surface area contributed by atoms with E-state index in [1.807, 2.05) is 25.1 Å². The number of carbonyl (C=O) groups is 8. The summed E-state index contributed by atoms with van der Waals surface area (Å²) in [5.74, 6) is -8.67. The molecule has 1 aromatic heterocycles. The van der Waals surface area contributed by atoms with E-state index in [-0.39, 0.29) is 13.1 Å². The van der Waals surface area contributed by atoms with Gasteiger partial charge in [-0.2, -0.15) is 0 Å².